The maximum Gasteiger partial charge on any atom is 0.231 e. The van der Waals surface area contributed by atoms with Gasteiger partial charge < -0.3 is 15.4 Å². The van der Waals surface area contributed by atoms with E-state index in [-0.39, 0.29) is 11.3 Å². The number of carbonyl (C=O) groups is 1. The second-order valence-corrected chi connectivity index (χ2v) is 6.35. The van der Waals surface area contributed by atoms with Gasteiger partial charge in [0.2, 0.25) is 5.91 Å². The molecule has 2 N–H and O–H groups in total. The number of hydrogen-bond donors (Lipinski definition) is 2. The maximum absolute atomic E-state index is 12.5. The molecule has 0 saturated carbocycles. The lowest BCUT2D eigenvalue weighted by Crippen LogP contribution is -2.46. The van der Waals surface area contributed by atoms with Crippen molar-refractivity contribution in [2.45, 2.75) is 26.4 Å². The highest BCUT2D eigenvalue weighted by atomic mass is 79.9. The molecule has 0 bridgehead atoms. The molecular weight excluding hydrogens is 320 g/mol. The summed E-state index contributed by atoms with van der Waals surface area (Å²) in [7, 11) is 1.65. The zero-order valence-electron chi connectivity index (χ0n) is 12.0. The van der Waals surface area contributed by atoms with Gasteiger partial charge in [-0.3, -0.25) is 4.79 Å². The van der Waals surface area contributed by atoms with Crippen molar-refractivity contribution in [3.8, 4) is 0 Å². The van der Waals surface area contributed by atoms with Crippen LogP contribution in [0.15, 0.2) is 22.7 Å². The first-order valence-electron chi connectivity index (χ1n) is 6.85. The van der Waals surface area contributed by atoms with Crippen LogP contribution in [0.3, 0.4) is 0 Å². The minimum atomic E-state index is -0.342. The molecule has 1 saturated heterocycles. The number of carbonyl (C=O) groups excluding carboxylic acids is 1. The molecule has 1 amide bonds. The third-order valence-corrected chi connectivity index (χ3v) is 4.54. The number of halogens is 1. The fourth-order valence-corrected chi connectivity index (χ4v) is 2.97. The number of hydrogen-bond acceptors (Lipinski definition) is 3. The van der Waals surface area contributed by atoms with Crippen molar-refractivity contribution in [2.24, 2.45) is 5.41 Å². The maximum atomic E-state index is 12.5. The average Bonchev–Trinajstić information content (AvgIpc) is 2.43. The fourth-order valence-electron chi connectivity index (χ4n) is 2.49. The zero-order valence-corrected chi connectivity index (χ0v) is 13.5. The van der Waals surface area contributed by atoms with Gasteiger partial charge in [0.1, 0.15) is 0 Å². The van der Waals surface area contributed by atoms with E-state index in [1.165, 1.54) is 0 Å². The summed E-state index contributed by atoms with van der Waals surface area (Å²) in [6, 6.07) is 5.78. The fraction of sp³-hybridized carbons (Fsp3) is 0.533. The van der Waals surface area contributed by atoms with Crippen molar-refractivity contribution in [1.29, 1.82) is 0 Å². The lowest BCUT2D eigenvalue weighted by molar-refractivity contribution is -0.125. The Morgan fingerprint density at radius 2 is 2.35 bits per heavy atom. The van der Waals surface area contributed by atoms with Gasteiger partial charge in [0.05, 0.1) is 12.0 Å². The Hall–Kier alpha value is -0.910. The Labute approximate surface area is 128 Å². The summed E-state index contributed by atoms with van der Waals surface area (Å²) in [5.41, 5.74) is 1.44. The minimum Gasteiger partial charge on any atom is -0.380 e. The molecule has 0 spiro atoms. The van der Waals surface area contributed by atoms with Gasteiger partial charge >= 0.3 is 0 Å². The number of nitrogens with one attached hydrogen (secondary N) is 2. The molecule has 1 atom stereocenters. The summed E-state index contributed by atoms with van der Waals surface area (Å²) in [6.07, 6.45) is 1.95. The van der Waals surface area contributed by atoms with Crippen LogP contribution in [-0.4, -0.2) is 26.1 Å². The topological polar surface area (TPSA) is 50.4 Å². The first-order chi connectivity index (χ1) is 9.57. The zero-order chi connectivity index (χ0) is 14.6. The van der Waals surface area contributed by atoms with Gasteiger partial charge in [-0.25, -0.2) is 0 Å². The monoisotopic (exact) mass is 340 g/mol. The predicted octanol–water partition coefficient (Wildman–Crippen LogP) is 2.92. The van der Waals surface area contributed by atoms with E-state index in [1.54, 1.807) is 7.11 Å². The molecular formula is C15H21BrN2O2. The molecule has 20 heavy (non-hydrogen) atoms. The molecule has 110 valence electrons. The van der Waals surface area contributed by atoms with Gasteiger partial charge in [-0.15, -0.1) is 0 Å². The van der Waals surface area contributed by atoms with Crippen LogP contribution < -0.4 is 10.6 Å². The summed E-state index contributed by atoms with van der Waals surface area (Å²) >= 11 is 3.50. The predicted molar refractivity (Wildman–Crippen MR) is 83.7 cm³/mol. The number of benzene rings is 1. The molecule has 0 aromatic heterocycles. The van der Waals surface area contributed by atoms with E-state index in [1.807, 2.05) is 25.1 Å². The van der Waals surface area contributed by atoms with Crippen molar-refractivity contribution in [1.82, 2.24) is 5.32 Å². The lowest BCUT2D eigenvalue weighted by atomic mass is 9.82. The number of anilines is 1. The SMILES string of the molecule is COCc1c(Br)cccc1NC(=O)C1(C)CCCNC1. The van der Waals surface area contributed by atoms with Gasteiger partial charge in [-0.1, -0.05) is 22.0 Å². The number of ether oxygens (including phenoxy) is 1. The molecule has 4 nitrogen and oxygen atoms in total. The highest BCUT2D eigenvalue weighted by molar-refractivity contribution is 9.10. The largest absolute Gasteiger partial charge is 0.380 e. The van der Waals surface area contributed by atoms with Gasteiger partial charge in [0.15, 0.2) is 0 Å². The molecule has 1 aromatic rings. The first kappa shape index (κ1) is 15.5. The number of piperidine rings is 1. The number of methoxy groups -OCH3 is 1. The normalized spacial score (nSPS) is 22.6. The molecule has 1 aliphatic heterocycles. The van der Waals surface area contributed by atoms with E-state index in [2.05, 4.69) is 26.6 Å². The van der Waals surface area contributed by atoms with Crippen molar-refractivity contribution in [3.05, 3.63) is 28.2 Å². The standard InChI is InChI=1S/C15H21BrN2O2/c1-15(7-4-8-17-10-15)14(19)18-13-6-3-5-12(16)11(13)9-20-2/h3,5-6,17H,4,7-10H2,1-2H3,(H,18,19). The van der Waals surface area contributed by atoms with Crippen LogP contribution in [0.25, 0.3) is 0 Å². The summed E-state index contributed by atoms with van der Waals surface area (Å²) in [5, 5.41) is 6.36. The highest BCUT2D eigenvalue weighted by Gasteiger charge is 2.34. The Balaban J connectivity index is 2.17. The Morgan fingerprint density at radius 3 is 3.00 bits per heavy atom. The molecule has 1 fully saturated rings. The van der Waals surface area contributed by atoms with E-state index >= 15 is 0 Å². The van der Waals surface area contributed by atoms with E-state index in [0.717, 1.165) is 41.7 Å². The minimum absolute atomic E-state index is 0.0696. The molecule has 2 rings (SSSR count). The number of amides is 1. The van der Waals surface area contributed by atoms with E-state index in [9.17, 15) is 4.79 Å². The third-order valence-electron chi connectivity index (χ3n) is 3.80. The smallest absolute Gasteiger partial charge is 0.231 e. The van der Waals surface area contributed by atoms with Crippen LogP contribution in [0.2, 0.25) is 0 Å². The Kier molecular flexibility index (Phi) is 5.18. The molecule has 1 aromatic carbocycles. The number of rotatable bonds is 4. The second kappa shape index (κ2) is 6.70. The molecule has 1 heterocycles. The summed E-state index contributed by atoms with van der Waals surface area (Å²) in [6.45, 7) is 4.20. The average molecular weight is 341 g/mol. The van der Waals surface area contributed by atoms with Crippen molar-refractivity contribution < 1.29 is 9.53 Å². The Morgan fingerprint density at radius 1 is 1.55 bits per heavy atom. The van der Waals surface area contributed by atoms with Crippen LogP contribution in [0, 0.1) is 5.41 Å². The van der Waals surface area contributed by atoms with Crippen molar-refractivity contribution in [2.75, 3.05) is 25.5 Å². The van der Waals surface area contributed by atoms with Gasteiger partial charge in [0.25, 0.3) is 0 Å². The molecule has 1 aliphatic rings. The van der Waals surface area contributed by atoms with E-state index < -0.39 is 0 Å². The Bertz CT molecular complexity index is 485. The van der Waals surface area contributed by atoms with Crippen molar-refractivity contribution in [3.63, 3.8) is 0 Å². The third kappa shape index (κ3) is 3.40. The van der Waals surface area contributed by atoms with Crippen LogP contribution >= 0.6 is 15.9 Å². The van der Waals surface area contributed by atoms with Crippen LogP contribution in [0.1, 0.15) is 25.3 Å². The molecule has 0 radical (unpaired) electrons. The summed E-state index contributed by atoms with van der Waals surface area (Å²) in [4.78, 5) is 12.5. The molecule has 1 unspecified atom stereocenters. The van der Waals surface area contributed by atoms with E-state index in [4.69, 9.17) is 4.74 Å². The molecule has 0 aliphatic carbocycles. The summed E-state index contributed by atoms with van der Waals surface area (Å²) in [5.74, 6) is 0.0696. The second-order valence-electron chi connectivity index (χ2n) is 5.49. The summed E-state index contributed by atoms with van der Waals surface area (Å²) < 4.78 is 6.16. The highest BCUT2D eigenvalue weighted by Crippen LogP contribution is 2.30. The van der Waals surface area contributed by atoms with Gasteiger partial charge in [0, 0.05) is 29.4 Å². The van der Waals surface area contributed by atoms with Gasteiger partial charge in [-0.2, -0.15) is 0 Å². The molecule has 5 heteroatoms. The lowest BCUT2D eigenvalue weighted by Gasteiger charge is -2.32. The first-order valence-corrected chi connectivity index (χ1v) is 7.64. The van der Waals surface area contributed by atoms with E-state index in [0.29, 0.717) is 6.61 Å². The van der Waals surface area contributed by atoms with Crippen molar-refractivity contribution >= 4 is 27.5 Å². The van der Waals surface area contributed by atoms with Crippen LogP contribution in [0.4, 0.5) is 5.69 Å². The quantitative estimate of drug-likeness (QED) is 0.885. The van der Waals surface area contributed by atoms with Gasteiger partial charge in [-0.05, 0) is 38.4 Å². The van der Waals surface area contributed by atoms with Crippen LogP contribution in [-0.2, 0) is 16.1 Å². The van der Waals surface area contributed by atoms with Crippen LogP contribution in [0.5, 0.6) is 0 Å².